The highest BCUT2D eigenvalue weighted by Crippen LogP contribution is 2.26. The largest absolute Gasteiger partial charge is 0.478 e. The Balaban J connectivity index is 2.91. The van der Waals surface area contributed by atoms with E-state index in [4.69, 9.17) is 5.11 Å². The smallest absolute Gasteiger partial charge is 0.337 e. The topological polar surface area (TPSA) is 50.2 Å². The van der Waals surface area contributed by atoms with Crippen LogP contribution in [0.15, 0.2) is 35.1 Å². The van der Waals surface area contributed by atoms with Crippen LogP contribution in [0.4, 0.5) is 0 Å². The number of carbonyl (C=O) groups is 1. The number of pyridine rings is 1. The number of nitrogens with zero attached hydrogens (tertiary/aromatic N) is 1. The summed E-state index contributed by atoms with van der Waals surface area (Å²) in [5.41, 5.74) is 0.218. The van der Waals surface area contributed by atoms with Crippen LogP contribution in [0.5, 0.6) is 0 Å². The monoisotopic (exact) mass is 251 g/mol. The Morgan fingerprint density at radius 3 is 2.86 bits per heavy atom. The molecule has 0 spiro atoms. The average Bonchev–Trinajstić information content (AvgIpc) is 2.17. The van der Waals surface area contributed by atoms with Crippen molar-refractivity contribution in [1.29, 1.82) is 0 Å². The van der Waals surface area contributed by atoms with Crippen LogP contribution in [0.3, 0.4) is 0 Å². The summed E-state index contributed by atoms with van der Waals surface area (Å²) in [6.45, 7) is 0. The Hall–Kier alpha value is -1.42. The van der Waals surface area contributed by atoms with Crippen molar-refractivity contribution in [3.8, 4) is 0 Å². The van der Waals surface area contributed by atoms with Crippen molar-refractivity contribution in [1.82, 2.24) is 4.98 Å². The summed E-state index contributed by atoms with van der Waals surface area (Å²) in [6, 6.07) is 5.49. The zero-order valence-corrected chi connectivity index (χ0v) is 8.65. The fourth-order valence-corrected chi connectivity index (χ4v) is 1.95. The zero-order valence-electron chi connectivity index (χ0n) is 7.07. The Morgan fingerprint density at radius 1 is 1.36 bits per heavy atom. The first-order valence-corrected chi connectivity index (χ1v) is 4.75. The van der Waals surface area contributed by atoms with Crippen LogP contribution < -0.4 is 0 Å². The maximum atomic E-state index is 10.9. The highest BCUT2D eigenvalue weighted by Gasteiger charge is 2.10. The molecule has 0 bridgehead atoms. The number of benzene rings is 1. The van der Waals surface area contributed by atoms with Crippen molar-refractivity contribution >= 4 is 32.7 Å². The highest BCUT2D eigenvalue weighted by molar-refractivity contribution is 9.10. The normalized spacial score (nSPS) is 10.4. The van der Waals surface area contributed by atoms with Crippen LogP contribution >= 0.6 is 15.9 Å². The van der Waals surface area contributed by atoms with Crippen molar-refractivity contribution in [2.75, 3.05) is 0 Å². The summed E-state index contributed by atoms with van der Waals surface area (Å²) in [6.07, 6.45) is 3.00. The van der Waals surface area contributed by atoms with Gasteiger partial charge in [0, 0.05) is 27.6 Å². The molecule has 0 radical (unpaired) electrons. The zero-order chi connectivity index (χ0) is 10.1. The number of fused-ring (bicyclic) bond motifs is 1. The number of aromatic carboxylic acids is 1. The van der Waals surface area contributed by atoms with Gasteiger partial charge in [0.05, 0.1) is 5.56 Å². The van der Waals surface area contributed by atoms with Gasteiger partial charge in [-0.25, -0.2) is 4.79 Å². The molecule has 1 heterocycles. The van der Waals surface area contributed by atoms with Gasteiger partial charge in [0.2, 0.25) is 0 Å². The third-order valence-corrected chi connectivity index (χ3v) is 2.62. The molecule has 1 N–H and O–H groups in total. The summed E-state index contributed by atoms with van der Waals surface area (Å²) in [4.78, 5) is 14.8. The van der Waals surface area contributed by atoms with Gasteiger partial charge >= 0.3 is 5.97 Å². The SMILES string of the molecule is O=C(O)c1cncc2cccc(Br)c12. The summed E-state index contributed by atoms with van der Waals surface area (Å²) in [5.74, 6) is -0.963. The van der Waals surface area contributed by atoms with E-state index in [0.29, 0.717) is 5.39 Å². The molecule has 2 aromatic rings. The van der Waals surface area contributed by atoms with Gasteiger partial charge in [-0.05, 0) is 6.07 Å². The molecule has 70 valence electrons. The van der Waals surface area contributed by atoms with Crippen molar-refractivity contribution in [2.24, 2.45) is 0 Å². The van der Waals surface area contributed by atoms with Crippen molar-refractivity contribution in [2.45, 2.75) is 0 Å². The van der Waals surface area contributed by atoms with E-state index in [1.54, 1.807) is 6.20 Å². The molecule has 1 aromatic carbocycles. The lowest BCUT2D eigenvalue weighted by Gasteiger charge is -2.03. The van der Waals surface area contributed by atoms with E-state index in [1.807, 2.05) is 18.2 Å². The Morgan fingerprint density at radius 2 is 2.14 bits per heavy atom. The molecule has 0 aliphatic heterocycles. The van der Waals surface area contributed by atoms with Crippen LogP contribution in [0.2, 0.25) is 0 Å². The van der Waals surface area contributed by atoms with Crippen molar-refractivity contribution < 1.29 is 9.90 Å². The standard InChI is InChI=1S/C10H6BrNO2/c11-8-3-1-2-6-4-12-5-7(9(6)8)10(13)14/h1-5H,(H,13,14). The summed E-state index contributed by atoms with van der Waals surface area (Å²) >= 11 is 3.32. The van der Waals surface area contributed by atoms with Crippen molar-refractivity contribution in [3.63, 3.8) is 0 Å². The Kier molecular flexibility index (Phi) is 2.21. The van der Waals surface area contributed by atoms with Gasteiger partial charge < -0.3 is 5.11 Å². The van der Waals surface area contributed by atoms with Crippen LogP contribution in [0.1, 0.15) is 10.4 Å². The van der Waals surface area contributed by atoms with E-state index >= 15 is 0 Å². The van der Waals surface area contributed by atoms with E-state index in [0.717, 1.165) is 9.86 Å². The molecule has 0 aliphatic rings. The average molecular weight is 252 g/mol. The molecule has 0 atom stereocenters. The van der Waals surface area contributed by atoms with E-state index in [2.05, 4.69) is 20.9 Å². The second-order valence-electron chi connectivity index (χ2n) is 2.83. The minimum Gasteiger partial charge on any atom is -0.478 e. The quantitative estimate of drug-likeness (QED) is 0.848. The number of hydrogen-bond acceptors (Lipinski definition) is 2. The summed E-state index contributed by atoms with van der Waals surface area (Å²) < 4.78 is 0.773. The van der Waals surface area contributed by atoms with Crippen molar-refractivity contribution in [3.05, 3.63) is 40.6 Å². The fraction of sp³-hybridized carbons (Fsp3) is 0. The van der Waals surface area contributed by atoms with Crippen LogP contribution in [0, 0.1) is 0 Å². The number of hydrogen-bond donors (Lipinski definition) is 1. The second-order valence-corrected chi connectivity index (χ2v) is 3.68. The van der Waals surface area contributed by atoms with Gasteiger partial charge in [-0.1, -0.05) is 28.1 Å². The fourth-order valence-electron chi connectivity index (χ4n) is 1.35. The van der Waals surface area contributed by atoms with Crippen LogP contribution in [0.25, 0.3) is 10.8 Å². The van der Waals surface area contributed by atoms with E-state index in [9.17, 15) is 4.79 Å². The molecule has 0 aliphatic carbocycles. The molecule has 0 unspecified atom stereocenters. The number of carboxylic acids is 1. The second kappa shape index (κ2) is 3.38. The molecule has 0 saturated carbocycles. The predicted molar refractivity (Wildman–Crippen MR) is 56.4 cm³/mol. The number of carboxylic acid groups (broad SMARTS) is 1. The van der Waals surface area contributed by atoms with E-state index in [1.165, 1.54) is 6.20 Å². The molecule has 0 amide bonds. The van der Waals surface area contributed by atoms with Crippen LogP contribution in [-0.2, 0) is 0 Å². The minimum atomic E-state index is -0.963. The maximum Gasteiger partial charge on any atom is 0.337 e. The highest BCUT2D eigenvalue weighted by atomic mass is 79.9. The molecule has 14 heavy (non-hydrogen) atoms. The van der Waals surface area contributed by atoms with Gasteiger partial charge in [-0.3, -0.25) is 4.98 Å². The molecular weight excluding hydrogens is 246 g/mol. The first-order chi connectivity index (χ1) is 6.70. The van der Waals surface area contributed by atoms with Gasteiger partial charge in [0.1, 0.15) is 0 Å². The van der Waals surface area contributed by atoms with E-state index < -0.39 is 5.97 Å². The predicted octanol–water partition coefficient (Wildman–Crippen LogP) is 2.70. The van der Waals surface area contributed by atoms with Crippen LogP contribution in [-0.4, -0.2) is 16.1 Å². The van der Waals surface area contributed by atoms with E-state index in [-0.39, 0.29) is 5.56 Å². The number of aromatic nitrogens is 1. The number of rotatable bonds is 1. The first-order valence-electron chi connectivity index (χ1n) is 3.95. The lowest BCUT2D eigenvalue weighted by Crippen LogP contribution is -1.98. The molecule has 0 fully saturated rings. The number of halogens is 1. The molecule has 1 aromatic heterocycles. The lowest BCUT2D eigenvalue weighted by molar-refractivity contribution is 0.0698. The summed E-state index contributed by atoms with van der Waals surface area (Å²) in [5, 5.41) is 10.5. The van der Waals surface area contributed by atoms with Gasteiger partial charge in [-0.2, -0.15) is 0 Å². The molecule has 2 rings (SSSR count). The van der Waals surface area contributed by atoms with Gasteiger partial charge in [0.25, 0.3) is 0 Å². The Labute approximate surface area is 88.5 Å². The first kappa shape index (κ1) is 9.15. The molecular formula is C10H6BrNO2. The Bertz CT molecular complexity index is 505. The molecule has 0 saturated heterocycles. The summed E-state index contributed by atoms with van der Waals surface area (Å²) in [7, 11) is 0. The van der Waals surface area contributed by atoms with Gasteiger partial charge in [0.15, 0.2) is 0 Å². The maximum absolute atomic E-state index is 10.9. The third-order valence-electron chi connectivity index (χ3n) is 1.96. The van der Waals surface area contributed by atoms with Gasteiger partial charge in [-0.15, -0.1) is 0 Å². The molecule has 4 heteroatoms. The lowest BCUT2D eigenvalue weighted by atomic mass is 10.1. The molecule has 3 nitrogen and oxygen atoms in total. The minimum absolute atomic E-state index is 0.218. The third kappa shape index (κ3) is 1.37.